The lowest BCUT2D eigenvalue weighted by atomic mass is 10.5. The number of carbonyl (C=O) groups excluding carboxylic acids is 1. The molecule has 1 heterocycles. The summed E-state index contributed by atoms with van der Waals surface area (Å²) in [5, 5.41) is 7.10. The maximum absolute atomic E-state index is 9.84. The normalized spacial score (nSPS) is 6.70. The first-order valence-electron chi connectivity index (χ1n) is 2.53. The molecule has 0 amide bonds. The van der Waals surface area contributed by atoms with E-state index in [0.717, 1.165) is 6.29 Å². The number of aromatic amines is 1. The standard InChI is InChI=1S/C5H5NO.CH2N2/c7-4-5-2-1-3-6-5;2-1-3/h1-4,6H;2H2. The summed E-state index contributed by atoms with van der Waals surface area (Å²) in [5.41, 5.74) is 4.78. The molecule has 0 bridgehead atoms. The van der Waals surface area contributed by atoms with E-state index in [1.807, 2.05) is 0 Å². The van der Waals surface area contributed by atoms with Crippen LogP contribution in [0.2, 0.25) is 0 Å². The molecule has 3 N–H and O–H groups in total. The number of aromatic nitrogens is 1. The van der Waals surface area contributed by atoms with E-state index in [4.69, 9.17) is 5.26 Å². The summed E-state index contributed by atoms with van der Waals surface area (Å²) in [7, 11) is 0. The molecule has 0 fully saturated rings. The molecule has 0 unspecified atom stereocenters. The minimum atomic E-state index is 0.625. The predicted octanol–water partition coefficient (Wildman–Crippen LogP) is 0.253. The number of nitrogens with one attached hydrogen (secondary N) is 1. The summed E-state index contributed by atoms with van der Waals surface area (Å²) >= 11 is 0. The van der Waals surface area contributed by atoms with Gasteiger partial charge < -0.3 is 10.7 Å². The van der Waals surface area contributed by atoms with Crippen molar-refractivity contribution in [2.24, 2.45) is 5.73 Å². The van der Waals surface area contributed by atoms with Crippen LogP contribution in [0.3, 0.4) is 0 Å². The van der Waals surface area contributed by atoms with Gasteiger partial charge in [0.2, 0.25) is 0 Å². The molecule has 0 atom stereocenters. The third kappa shape index (κ3) is 3.27. The Kier molecular flexibility index (Phi) is 4.43. The summed E-state index contributed by atoms with van der Waals surface area (Å²) in [6.45, 7) is 0. The van der Waals surface area contributed by atoms with Crippen LogP contribution in [-0.4, -0.2) is 11.3 Å². The number of nitrogens with zero attached hydrogens (tertiary/aromatic N) is 1. The van der Waals surface area contributed by atoms with Gasteiger partial charge in [-0.15, -0.1) is 0 Å². The molecule has 10 heavy (non-hydrogen) atoms. The molecule has 0 saturated heterocycles. The fourth-order valence-corrected chi connectivity index (χ4v) is 0.418. The number of H-pyrrole nitrogens is 1. The maximum Gasteiger partial charge on any atom is 0.173 e. The summed E-state index contributed by atoms with van der Waals surface area (Å²) in [6.07, 6.45) is 3.74. The van der Waals surface area contributed by atoms with E-state index >= 15 is 0 Å². The van der Waals surface area contributed by atoms with E-state index in [1.165, 1.54) is 6.19 Å². The van der Waals surface area contributed by atoms with Crippen molar-refractivity contribution in [1.82, 2.24) is 4.98 Å². The molecule has 52 valence electrons. The Balaban J connectivity index is 0.000000236. The van der Waals surface area contributed by atoms with Gasteiger partial charge in [0.15, 0.2) is 12.5 Å². The molecular weight excluding hydrogens is 130 g/mol. The molecule has 0 saturated carbocycles. The van der Waals surface area contributed by atoms with Gasteiger partial charge in [0.25, 0.3) is 0 Å². The number of carbonyl (C=O) groups is 1. The van der Waals surface area contributed by atoms with Gasteiger partial charge in [0.1, 0.15) is 0 Å². The Morgan fingerprint density at radius 3 is 2.60 bits per heavy atom. The van der Waals surface area contributed by atoms with Crippen molar-refractivity contribution in [3.05, 3.63) is 24.0 Å². The van der Waals surface area contributed by atoms with Crippen molar-refractivity contribution >= 4 is 6.29 Å². The van der Waals surface area contributed by atoms with E-state index in [2.05, 4.69) is 10.7 Å². The van der Waals surface area contributed by atoms with E-state index in [1.54, 1.807) is 18.3 Å². The molecule has 1 aromatic heterocycles. The molecule has 0 aliphatic heterocycles. The molecule has 0 aliphatic carbocycles. The molecular formula is C6H7N3O. The Hall–Kier alpha value is -1.76. The Morgan fingerprint density at radius 2 is 2.40 bits per heavy atom. The Labute approximate surface area is 58.3 Å². The molecule has 1 rings (SSSR count). The van der Waals surface area contributed by atoms with E-state index in [0.29, 0.717) is 5.69 Å². The third-order valence-electron chi connectivity index (χ3n) is 0.749. The van der Waals surface area contributed by atoms with Crippen molar-refractivity contribution in [1.29, 1.82) is 5.26 Å². The zero-order chi connectivity index (χ0) is 7.82. The highest BCUT2D eigenvalue weighted by Crippen LogP contribution is 1.85. The lowest BCUT2D eigenvalue weighted by Gasteiger charge is -1.70. The monoisotopic (exact) mass is 137 g/mol. The van der Waals surface area contributed by atoms with Crippen LogP contribution in [0, 0.1) is 11.5 Å². The molecule has 0 radical (unpaired) electrons. The van der Waals surface area contributed by atoms with Crippen LogP contribution < -0.4 is 5.73 Å². The van der Waals surface area contributed by atoms with Gasteiger partial charge >= 0.3 is 0 Å². The van der Waals surface area contributed by atoms with Gasteiger partial charge in [0, 0.05) is 6.20 Å². The van der Waals surface area contributed by atoms with Gasteiger partial charge in [-0.25, -0.2) is 0 Å². The van der Waals surface area contributed by atoms with Crippen LogP contribution in [0.25, 0.3) is 0 Å². The fraction of sp³-hybridized carbons (Fsp3) is 0. The second-order valence-corrected chi connectivity index (χ2v) is 1.37. The van der Waals surface area contributed by atoms with Crippen molar-refractivity contribution < 1.29 is 4.79 Å². The zero-order valence-electron chi connectivity index (χ0n) is 5.24. The first-order chi connectivity index (χ1) is 4.85. The third-order valence-corrected chi connectivity index (χ3v) is 0.749. The lowest BCUT2D eigenvalue weighted by Crippen LogP contribution is -1.72. The summed E-state index contributed by atoms with van der Waals surface area (Å²) < 4.78 is 0. The number of nitriles is 1. The minimum absolute atomic E-state index is 0.625. The van der Waals surface area contributed by atoms with Crippen LogP contribution >= 0.6 is 0 Å². The number of aldehydes is 1. The van der Waals surface area contributed by atoms with Crippen LogP contribution in [0.1, 0.15) is 10.5 Å². The van der Waals surface area contributed by atoms with Crippen LogP contribution in [0.5, 0.6) is 0 Å². The summed E-state index contributed by atoms with van der Waals surface area (Å²) in [4.78, 5) is 12.6. The number of rotatable bonds is 1. The average Bonchev–Trinajstić information content (AvgIpc) is 2.39. The highest BCUT2D eigenvalue weighted by atomic mass is 16.1. The predicted molar refractivity (Wildman–Crippen MR) is 36.0 cm³/mol. The molecule has 0 spiro atoms. The highest BCUT2D eigenvalue weighted by Gasteiger charge is 1.81. The highest BCUT2D eigenvalue weighted by molar-refractivity contribution is 5.71. The molecule has 4 heteroatoms. The first kappa shape index (κ1) is 8.24. The number of hydrogen-bond donors (Lipinski definition) is 2. The zero-order valence-corrected chi connectivity index (χ0v) is 5.24. The lowest BCUT2D eigenvalue weighted by molar-refractivity contribution is 0.111. The van der Waals surface area contributed by atoms with E-state index in [-0.39, 0.29) is 0 Å². The smallest absolute Gasteiger partial charge is 0.173 e. The Morgan fingerprint density at radius 1 is 1.80 bits per heavy atom. The van der Waals surface area contributed by atoms with Crippen LogP contribution in [-0.2, 0) is 0 Å². The van der Waals surface area contributed by atoms with Crippen LogP contribution in [0.15, 0.2) is 18.3 Å². The quantitative estimate of drug-likeness (QED) is 0.330. The second-order valence-electron chi connectivity index (χ2n) is 1.37. The van der Waals surface area contributed by atoms with Gasteiger partial charge in [-0.1, -0.05) is 0 Å². The molecule has 0 aliphatic rings. The SMILES string of the molecule is N#CN.O=Cc1ccc[nH]1. The van der Waals surface area contributed by atoms with Gasteiger partial charge in [-0.2, -0.15) is 5.26 Å². The van der Waals surface area contributed by atoms with E-state index in [9.17, 15) is 4.79 Å². The number of nitrogens with two attached hydrogens (primary N) is 1. The van der Waals surface area contributed by atoms with Gasteiger partial charge in [-0.3, -0.25) is 4.79 Å². The number of hydrogen-bond acceptors (Lipinski definition) is 3. The fourth-order valence-electron chi connectivity index (χ4n) is 0.418. The van der Waals surface area contributed by atoms with Crippen molar-refractivity contribution in [3.63, 3.8) is 0 Å². The van der Waals surface area contributed by atoms with Gasteiger partial charge in [-0.05, 0) is 12.1 Å². The molecule has 1 aromatic rings. The minimum Gasteiger partial charge on any atom is -0.359 e. The summed E-state index contributed by atoms with van der Waals surface area (Å²) in [6, 6.07) is 3.50. The topological polar surface area (TPSA) is 82.7 Å². The molecule has 0 aromatic carbocycles. The van der Waals surface area contributed by atoms with Crippen molar-refractivity contribution in [3.8, 4) is 6.19 Å². The van der Waals surface area contributed by atoms with Crippen molar-refractivity contribution in [2.45, 2.75) is 0 Å². The summed E-state index contributed by atoms with van der Waals surface area (Å²) in [5.74, 6) is 0. The maximum atomic E-state index is 9.84. The van der Waals surface area contributed by atoms with Crippen LogP contribution in [0.4, 0.5) is 0 Å². The average molecular weight is 137 g/mol. The van der Waals surface area contributed by atoms with Gasteiger partial charge in [0.05, 0.1) is 5.69 Å². The largest absolute Gasteiger partial charge is 0.359 e. The van der Waals surface area contributed by atoms with Crippen molar-refractivity contribution in [2.75, 3.05) is 0 Å². The Bertz CT molecular complexity index is 209. The van der Waals surface area contributed by atoms with E-state index < -0.39 is 0 Å². The first-order valence-corrected chi connectivity index (χ1v) is 2.53. The second kappa shape index (κ2) is 5.38. The molecule has 4 nitrogen and oxygen atoms in total.